The summed E-state index contributed by atoms with van der Waals surface area (Å²) in [7, 11) is 0. The summed E-state index contributed by atoms with van der Waals surface area (Å²) in [5.74, 6) is 3.83. The van der Waals surface area contributed by atoms with E-state index in [1.54, 1.807) is 0 Å². The van der Waals surface area contributed by atoms with E-state index in [1.165, 1.54) is 37.2 Å². The van der Waals surface area contributed by atoms with Gasteiger partial charge in [0.15, 0.2) is 0 Å². The standard InChI is InChI=1S/C13H26N2OS/c1-13(2,12(14)15-16)8-5-9-17-10-11-6-3-4-7-11/h11,16H,3-10H2,1-2H3,(H2,14,15). The van der Waals surface area contributed by atoms with Crippen LogP contribution in [-0.2, 0) is 0 Å². The Morgan fingerprint density at radius 3 is 2.65 bits per heavy atom. The molecular weight excluding hydrogens is 232 g/mol. The maximum atomic E-state index is 8.67. The molecule has 0 unspecified atom stereocenters. The van der Waals surface area contributed by atoms with Gasteiger partial charge in [-0.15, -0.1) is 0 Å². The minimum atomic E-state index is -0.178. The van der Waals surface area contributed by atoms with E-state index in [1.807, 2.05) is 13.8 Å². The fourth-order valence-corrected chi connectivity index (χ4v) is 3.49. The van der Waals surface area contributed by atoms with Gasteiger partial charge in [0, 0.05) is 5.41 Å². The summed E-state index contributed by atoms with van der Waals surface area (Å²) in [5.41, 5.74) is 5.48. The van der Waals surface area contributed by atoms with Gasteiger partial charge in [-0.3, -0.25) is 0 Å². The van der Waals surface area contributed by atoms with Crippen LogP contribution < -0.4 is 5.73 Å². The van der Waals surface area contributed by atoms with Crippen LogP contribution in [0.15, 0.2) is 5.16 Å². The van der Waals surface area contributed by atoms with Crippen LogP contribution in [0.4, 0.5) is 0 Å². The van der Waals surface area contributed by atoms with Crippen molar-refractivity contribution in [3.8, 4) is 0 Å². The third kappa shape index (κ3) is 5.19. The van der Waals surface area contributed by atoms with Crippen molar-refractivity contribution >= 4 is 17.6 Å². The number of rotatable bonds is 7. The minimum absolute atomic E-state index is 0.178. The molecule has 0 saturated heterocycles. The first-order valence-electron chi connectivity index (χ1n) is 6.62. The Morgan fingerprint density at radius 2 is 2.06 bits per heavy atom. The minimum Gasteiger partial charge on any atom is -0.409 e. The van der Waals surface area contributed by atoms with E-state index in [0.717, 1.165) is 18.8 Å². The molecule has 0 amide bonds. The molecule has 1 aliphatic carbocycles. The molecule has 0 heterocycles. The molecule has 17 heavy (non-hydrogen) atoms. The lowest BCUT2D eigenvalue weighted by atomic mass is 9.87. The van der Waals surface area contributed by atoms with Crippen LogP contribution in [0.2, 0.25) is 0 Å². The molecule has 1 saturated carbocycles. The van der Waals surface area contributed by atoms with Crippen molar-refractivity contribution < 1.29 is 5.21 Å². The molecule has 0 spiro atoms. The van der Waals surface area contributed by atoms with Crippen molar-refractivity contribution in [2.24, 2.45) is 22.2 Å². The van der Waals surface area contributed by atoms with Gasteiger partial charge in [0.05, 0.1) is 0 Å². The molecule has 4 heteroatoms. The van der Waals surface area contributed by atoms with Gasteiger partial charge in [-0.05, 0) is 43.1 Å². The third-order valence-electron chi connectivity index (χ3n) is 3.72. The van der Waals surface area contributed by atoms with Gasteiger partial charge in [0.1, 0.15) is 5.84 Å². The molecule has 0 aromatic rings. The van der Waals surface area contributed by atoms with Crippen molar-refractivity contribution in [3.63, 3.8) is 0 Å². The monoisotopic (exact) mass is 258 g/mol. The third-order valence-corrected chi connectivity index (χ3v) is 5.00. The molecule has 1 fully saturated rings. The van der Waals surface area contributed by atoms with E-state index in [2.05, 4.69) is 16.9 Å². The Bertz CT molecular complexity index is 248. The van der Waals surface area contributed by atoms with Gasteiger partial charge in [-0.2, -0.15) is 11.8 Å². The maximum Gasteiger partial charge on any atom is 0.144 e. The molecule has 1 rings (SSSR count). The van der Waals surface area contributed by atoms with Crippen LogP contribution in [0.1, 0.15) is 52.4 Å². The van der Waals surface area contributed by atoms with Crippen LogP contribution in [0, 0.1) is 11.3 Å². The second-order valence-electron chi connectivity index (χ2n) is 5.70. The molecule has 0 bridgehead atoms. The number of hydrogen-bond donors (Lipinski definition) is 2. The van der Waals surface area contributed by atoms with Gasteiger partial charge in [0.2, 0.25) is 0 Å². The number of nitrogens with zero attached hydrogens (tertiary/aromatic N) is 1. The molecule has 100 valence electrons. The molecule has 3 N–H and O–H groups in total. The topological polar surface area (TPSA) is 58.6 Å². The number of oxime groups is 1. The van der Waals surface area contributed by atoms with E-state index in [0.29, 0.717) is 5.84 Å². The quantitative estimate of drug-likeness (QED) is 0.242. The molecular formula is C13H26N2OS. The van der Waals surface area contributed by atoms with Crippen molar-refractivity contribution in [1.82, 2.24) is 0 Å². The zero-order valence-corrected chi connectivity index (χ0v) is 11.9. The van der Waals surface area contributed by atoms with Crippen molar-refractivity contribution in [1.29, 1.82) is 0 Å². The lowest BCUT2D eigenvalue weighted by Crippen LogP contribution is -2.31. The predicted octanol–water partition coefficient (Wildman–Crippen LogP) is 3.46. The first-order chi connectivity index (χ1) is 8.06. The molecule has 3 nitrogen and oxygen atoms in total. The van der Waals surface area contributed by atoms with Gasteiger partial charge in [-0.25, -0.2) is 0 Å². The van der Waals surface area contributed by atoms with E-state index >= 15 is 0 Å². The maximum absolute atomic E-state index is 8.67. The highest BCUT2D eigenvalue weighted by molar-refractivity contribution is 7.99. The Hall–Kier alpha value is -0.380. The molecule has 0 radical (unpaired) electrons. The molecule has 0 aromatic heterocycles. The Labute approximate surface area is 109 Å². The van der Waals surface area contributed by atoms with Crippen LogP contribution in [-0.4, -0.2) is 22.5 Å². The second kappa shape index (κ2) is 7.14. The Morgan fingerprint density at radius 1 is 1.41 bits per heavy atom. The average Bonchev–Trinajstić information content (AvgIpc) is 2.80. The molecule has 0 aliphatic heterocycles. The largest absolute Gasteiger partial charge is 0.409 e. The highest BCUT2D eigenvalue weighted by Gasteiger charge is 2.23. The van der Waals surface area contributed by atoms with E-state index in [9.17, 15) is 0 Å². The van der Waals surface area contributed by atoms with E-state index in [4.69, 9.17) is 10.9 Å². The van der Waals surface area contributed by atoms with Gasteiger partial charge >= 0.3 is 0 Å². The average molecular weight is 258 g/mol. The summed E-state index contributed by atoms with van der Waals surface area (Å²) in [6, 6.07) is 0. The van der Waals surface area contributed by atoms with Crippen LogP contribution in [0.25, 0.3) is 0 Å². The van der Waals surface area contributed by atoms with Crippen LogP contribution >= 0.6 is 11.8 Å². The molecule has 0 atom stereocenters. The second-order valence-corrected chi connectivity index (χ2v) is 6.85. The highest BCUT2D eigenvalue weighted by Crippen LogP contribution is 2.29. The first-order valence-corrected chi connectivity index (χ1v) is 7.77. The summed E-state index contributed by atoms with van der Waals surface area (Å²) < 4.78 is 0. The predicted molar refractivity (Wildman–Crippen MR) is 75.7 cm³/mol. The Balaban J connectivity index is 2.07. The number of amidine groups is 1. The molecule has 1 aliphatic rings. The SMILES string of the molecule is CC(C)(CCCSCC1CCCC1)C(N)=NO. The van der Waals surface area contributed by atoms with Gasteiger partial charge in [-0.1, -0.05) is 31.8 Å². The zero-order valence-electron chi connectivity index (χ0n) is 11.1. The van der Waals surface area contributed by atoms with Crippen LogP contribution in [0.3, 0.4) is 0 Å². The number of thioether (sulfide) groups is 1. The molecule has 0 aromatic carbocycles. The van der Waals surface area contributed by atoms with Crippen molar-refractivity contribution in [2.45, 2.75) is 52.4 Å². The lowest BCUT2D eigenvalue weighted by molar-refractivity contribution is 0.305. The fourth-order valence-electron chi connectivity index (χ4n) is 2.31. The number of nitrogens with two attached hydrogens (primary N) is 1. The summed E-state index contributed by atoms with van der Waals surface area (Å²) in [6.45, 7) is 4.06. The summed E-state index contributed by atoms with van der Waals surface area (Å²) in [5, 5.41) is 11.8. The first kappa shape index (κ1) is 14.7. The summed E-state index contributed by atoms with van der Waals surface area (Å²) in [6.07, 6.45) is 7.86. The lowest BCUT2D eigenvalue weighted by Gasteiger charge is -2.22. The smallest absolute Gasteiger partial charge is 0.144 e. The normalized spacial score (nSPS) is 18.8. The van der Waals surface area contributed by atoms with E-state index in [-0.39, 0.29) is 5.41 Å². The van der Waals surface area contributed by atoms with Crippen molar-refractivity contribution in [2.75, 3.05) is 11.5 Å². The zero-order chi connectivity index (χ0) is 12.7. The van der Waals surface area contributed by atoms with E-state index < -0.39 is 0 Å². The summed E-state index contributed by atoms with van der Waals surface area (Å²) in [4.78, 5) is 0. The Kier molecular flexibility index (Phi) is 6.17. The highest BCUT2D eigenvalue weighted by atomic mass is 32.2. The number of hydrogen-bond acceptors (Lipinski definition) is 3. The fraction of sp³-hybridized carbons (Fsp3) is 0.923. The van der Waals surface area contributed by atoms with Gasteiger partial charge in [0.25, 0.3) is 0 Å². The van der Waals surface area contributed by atoms with Crippen molar-refractivity contribution in [3.05, 3.63) is 0 Å². The van der Waals surface area contributed by atoms with Gasteiger partial charge < -0.3 is 10.9 Å². The summed E-state index contributed by atoms with van der Waals surface area (Å²) >= 11 is 2.07. The van der Waals surface area contributed by atoms with Crippen LogP contribution in [0.5, 0.6) is 0 Å².